The lowest BCUT2D eigenvalue weighted by molar-refractivity contribution is -0.177. The summed E-state index contributed by atoms with van der Waals surface area (Å²) in [5.41, 5.74) is -4.27. The molecule has 0 radical (unpaired) electrons. The normalized spacial score (nSPS) is 47.2. The Morgan fingerprint density at radius 3 is 2.32 bits per heavy atom. The standard InChI is InChI=1S/C27H44O7/c1-23(2,32)9-8-22(31)26(5,33)21-7-11-27(34)16-12-18(28)17-13-19(29)20(30)14-24(17,3)15(16)6-10-25(21,27)4/h12,15,17,19-22,29-34H,6-11,13-14H2,1-5H3/t15-,17+,19?,20+,21+,22-,24+,25+,26-,27-/m1/s1. The summed E-state index contributed by atoms with van der Waals surface area (Å²) in [5.74, 6) is -0.948. The van der Waals surface area contributed by atoms with Crippen LogP contribution >= 0.6 is 0 Å². The molecule has 0 aromatic rings. The van der Waals surface area contributed by atoms with Crippen LogP contribution in [0.25, 0.3) is 0 Å². The summed E-state index contributed by atoms with van der Waals surface area (Å²) >= 11 is 0. The van der Waals surface area contributed by atoms with E-state index in [0.717, 1.165) is 0 Å². The fourth-order valence-electron chi connectivity index (χ4n) is 8.32. The molecule has 0 aromatic carbocycles. The molecule has 7 heteroatoms. The molecule has 10 atom stereocenters. The van der Waals surface area contributed by atoms with Crippen LogP contribution in [-0.4, -0.2) is 71.5 Å². The van der Waals surface area contributed by atoms with Gasteiger partial charge < -0.3 is 30.6 Å². The zero-order chi connectivity index (χ0) is 25.5. The lowest BCUT2D eigenvalue weighted by Gasteiger charge is -2.60. The van der Waals surface area contributed by atoms with Crippen molar-refractivity contribution in [1.29, 1.82) is 0 Å². The molecule has 0 aliphatic heterocycles. The summed E-state index contributed by atoms with van der Waals surface area (Å²) in [6.45, 7) is 8.96. The zero-order valence-electron chi connectivity index (χ0n) is 21.3. The molecule has 0 bridgehead atoms. The van der Waals surface area contributed by atoms with Gasteiger partial charge in [0.1, 0.15) is 0 Å². The molecule has 3 saturated carbocycles. The topological polar surface area (TPSA) is 138 Å². The van der Waals surface area contributed by atoms with E-state index in [9.17, 15) is 35.4 Å². The molecule has 6 N–H and O–H groups in total. The van der Waals surface area contributed by atoms with Crippen molar-refractivity contribution < 1.29 is 35.4 Å². The Labute approximate surface area is 202 Å². The predicted octanol–water partition coefficient (Wildman–Crippen LogP) is 1.85. The molecule has 0 amide bonds. The lowest BCUT2D eigenvalue weighted by Crippen LogP contribution is -2.62. The van der Waals surface area contributed by atoms with Crippen molar-refractivity contribution >= 4 is 5.78 Å². The Hall–Kier alpha value is -0.830. The minimum absolute atomic E-state index is 0.0840. The Balaban J connectivity index is 1.66. The molecule has 3 fully saturated rings. The summed E-state index contributed by atoms with van der Waals surface area (Å²) in [4.78, 5) is 13.2. The molecule has 0 aromatic heterocycles. The fraction of sp³-hybridized carbons (Fsp3) is 0.889. The predicted molar refractivity (Wildman–Crippen MR) is 127 cm³/mol. The van der Waals surface area contributed by atoms with Gasteiger partial charge in [0.15, 0.2) is 5.78 Å². The Kier molecular flexibility index (Phi) is 6.24. The molecular formula is C27H44O7. The van der Waals surface area contributed by atoms with Crippen LogP contribution < -0.4 is 0 Å². The first-order valence-electron chi connectivity index (χ1n) is 12.9. The molecule has 0 spiro atoms. The van der Waals surface area contributed by atoms with Crippen molar-refractivity contribution in [1.82, 2.24) is 0 Å². The monoisotopic (exact) mass is 480 g/mol. The third kappa shape index (κ3) is 3.73. The van der Waals surface area contributed by atoms with Gasteiger partial charge in [-0.25, -0.2) is 0 Å². The first-order valence-corrected chi connectivity index (χ1v) is 12.9. The van der Waals surface area contributed by atoms with E-state index in [-0.39, 0.29) is 36.4 Å². The maximum atomic E-state index is 13.2. The summed E-state index contributed by atoms with van der Waals surface area (Å²) in [5, 5.41) is 65.5. The molecule has 4 rings (SSSR count). The zero-order valence-corrected chi connectivity index (χ0v) is 21.3. The highest BCUT2D eigenvalue weighted by atomic mass is 16.3. The van der Waals surface area contributed by atoms with E-state index >= 15 is 0 Å². The van der Waals surface area contributed by atoms with Crippen molar-refractivity contribution in [2.75, 3.05) is 0 Å². The van der Waals surface area contributed by atoms with Crippen LogP contribution in [0, 0.1) is 28.6 Å². The smallest absolute Gasteiger partial charge is 0.159 e. The van der Waals surface area contributed by atoms with Gasteiger partial charge in [0.25, 0.3) is 0 Å². The number of allylic oxidation sites excluding steroid dienone is 1. The van der Waals surface area contributed by atoms with Crippen LogP contribution in [0.1, 0.15) is 86.0 Å². The largest absolute Gasteiger partial charge is 0.390 e. The molecule has 194 valence electrons. The molecule has 4 aliphatic rings. The van der Waals surface area contributed by atoms with E-state index in [4.69, 9.17) is 0 Å². The molecule has 1 unspecified atom stereocenters. The minimum Gasteiger partial charge on any atom is -0.390 e. The molecule has 0 heterocycles. The van der Waals surface area contributed by atoms with Crippen molar-refractivity contribution in [3.8, 4) is 0 Å². The van der Waals surface area contributed by atoms with Crippen molar-refractivity contribution in [2.24, 2.45) is 28.6 Å². The van der Waals surface area contributed by atoms with E-state index < -0.39 is 45.9 Å². The van der Waals surface area contributed by atoms with Crippen LogP contribution in [-0.2, 0) is 4.79 Å². The van der Waals surface area contributed by atoms with Gasteiger partial charge in [-0.15, -0.1) is 0 Å². The maximum Gasteiger partial charge on any atom is 0.159 e. The quantitative estimate of drug-likeness (QED) is 0.353. The first-order chi connectivity index (χ1) is 15.5. The molecule has 34 heavy (non-hydrogen) atoms. The summed E-state index contributed by atoms with van der Waals surface area (Å²) in [7, 11) is 0. The number of aliphatic hydroxyl groups is 6. The second-order valence-corrected chi connectivity index (χ2v) is 13.2. The lowest BCUT2D eigenvalue weighted by atomic mass is 9.45. The van der Waals surface area contributed by atoms with E-state index in [2.05, 4.69) is 0 Å². The highest BCUT2D eigenvalue weighted by Gasteiger charge is 2.69. The number of hydrogen-bond donors (Lipinski definition) is 6. The number of carbonyl (C=O) groups excluding carboxylic acids is 1. The molecule has 7 nitrogen and oxygen atoms in total. The number of rotatable bonds is 5. The van der Waals surface area contributed by atoms with E-state index in [1.54, 1.807) is 26.8 Å². The molecular weight excluding hydrogens is 436 g/mol. The van der Waals surface area contributed by atoms with Crippen LogP contribution in [0.15, 0.2) is 11.6 Å². The van der Waals surface area contributed by atoms with Gasteiger partial charge in [-0.2, -0.15) is 0 Å². The van der Waals surface area contributed by atoms with Crippen LogP contribution in [0.2, 0.25) is 0 Å². The summed E-state index contributed by atoms with van der Waals surface area (Å²) in [6, 6.07) is 0. The third-order valence-corrected chi connectivity index (χ3v) is 10.5. The van der Waals surface area contributed by atoms with Crippen molar-refractivity contribution in [2.45, 2.75) is 121 Å². The van der Waals surface area contributed by atoms with Gasteiger partial charge >= 0.3 is 0 Å². The van der Waals surface area contributed by atoms with E-state index in [1.165, 1.54) is 0 Å². The van der Waals surface area contributed by atoms with Crippen molar-refractivity contribution in [3.05, 3.63) is 11.6 Å². The number of fused-ring (bicyclic) bond motifs is 5. The van der Waals surface area contributed by atoms with Gasteiger partial charge in [-0.3, -0.25) is 4.79 Å². The first kappa shape index (κ1) is 26.2. The van der Waals surface area contributed by atoms with E-state index in [1.807, 2.05) is 13.8 Å². The van der Waals surface area contributed by atoms with Gasteiger partial charge in [0.05, 0.1) is 35.1 Å². The number of aliphatic hydroxyl groups excluding tert-OH is 3. The number of carbonyl (C=O) groups is 1. The second-order valence-electron chi connectivity index (χ2n) is 13.2. The fourth-order valence-corrected chi connectivity index (χ4v) is 8.32. The average Bonchev–Trinajstić information content (AvgIpc) is 3.00. The molecule has 0 saturated heterocycles. The highest BCUT2D eigenvalue weighted by Crippen LogP contribution is 2.68. The number of ketones is 1. The molecule has 4 aliphatic carbocycles. The SMILES string of the molecule is CC(C)(O)CC[C@@H](O)[C@](C)(O)[C@H]1CC[C@@]2(O)C3=CC(=O)[C@@H]4CC(O)[C@@H](O)C[C@@]4(C)[C@@H]3CC[C@@]12C. The van der Waals surface area contributed by atoms with Crippen molar-refractivity contribution in [3.63, 3.8) is 0 Å². The highest BCUT2D eigenvalue weighted by molar-refractivity contribution is 5.95. The van der Waals surface area contributed by atoms with Gasteiger partial charge in [-0.1, -0.05) is 13.8 Å². The minimum atomic E-state index is -1.46. The Morgan fingerprint density at radius 1 is 1.06 bits per heavy atom. The summed E-state index contributed by atoms with van der Waals surface area (Å²) < 4.78 is 0. The average molecular weight is 481 g/mol. The van der Waals surface area contributed by atoms with Gasteiger partial charge in [-0.05, 0) is 101 Å². The Bertz CT molecular complexity index is 860. The number of hydrogen-bond acceptors (Lipinski definition) is 7. The van der Waals surface area contributed by atoms with Gasteiger partial charge in [0, 0.05) is 11.3 Å². The van der Waals surface area contributed by atoms with E-state index in [0.29, 0.717) is 44.1 Å². The Morgan fingerprint density at radius 2 is 1.71 bits per heavy atom. The third-order valence-electron chi connectivity index (χ3n) is 10.5. The van der Waals surface area contributed by atoms with Gasteiger partial charge in [0.2, 0.25) is 0 Å². The summed E-state index contributed by atoms with van der Waals surface area (Å²) in [6.07, 6.45) is 2.11. The second kappa shape index (κ2) is 8.09. The van der Waals surface area contributed by atoms with Crippen LogP contribution in [0.4, 0.5) is 0 Å². The maximum absolute atomic E-state index is 13.2. The van der Waals surface area contributed by atoms with Crippen LogP contribution in [0.3, 0.4) is 0 Å². The van der Waals surface area contributed by atoms with Crippen LogP contribution in [0.5, 0.6) is 0 Å².